The Morgan fingerprint density at radius 2 is 1.88 bits per heavy atom. The molecule has 2 nitrogen and oxygen atoms in total. The van der Waals surface area contributed by atoms with Crippen molar-refractivity contribution in [2.75, 3.05) is 7.11 Å². The van der Waals surface area contributed by atoms with Crippen LogP contribution in [0, 0.1) is 12.7 Å². The molecule has 0 amide bonds. The first-order valence-corrected chi connectivity index (χ1v) is 4.36. The maximum atomic E-state index is 13.1. The Bertz CT molecular complexity index is 387. The molecule has 0 unspecified atom stereocenters. The van der Waals surface area contributed by atoms with Crippen molar-refractivity contribution in [3.8, 4) is 5.75 Å². The molecule has 0 fully saturated rings. The van der Waals surface area contributed by atoms with E-state index in [2.05, 4.69) is 4.74 Å². The highest BCUT2D eigenvalue weighted by Crippen LogP contribution is 2.37. The maximum absolute atomic E-state index is 13.1. The summed E-state index contributed by atoms with van der Waals surface area (Å²) >= 11 is 0. The molecular formula is C10H10F4O2. The number of halogens is 4. The lowest BCUT2D eigenvalue weighted by Gasteiger charge is -2.18. The first-order valence-electron chi connectivity index (χ1n) is 4.36. The van der Waals surface area contributed by atoms with E-state index in [0.29, 0.717) is 6.07 Å². The van der Waals surface area contributed by atoms with Gasteiger partial charge in [-0.3, -0.25) is 0 Å². The Hall–Kier alpha value is -1.30. The van der Waals surface area contributed by atoms with Crippen LogP contribution in [0.15, 0.2) is 12.1 Å². The second kappa shape index (κ2) is 4.29. The van der Waals surface area contributed by atoms with Crippen LogP contribution in [0.1, 0.15) is 17.2 Å². The smallest absolute Gasteiger partial charge is 0.418 e. The largest absolute Gasteiger partial charge is 0.496 e. The summed E-state index contributed by atoms with van der Waals surface area (Å²) in [6.45, 7) is 1.39. The standard InChI is InChI=1S/C10H10F4O2/c1-5-3-8(16-2)6(4-7(5)11)9(15)10(12,13)14/h3-4,9,15H,1-2H3/t9-/m1/s1. The van der Waals surface area contributed by atoms with Gasteiger partial charge in [0.1, 0.15) is 11.6 Å². The second-order valence-electron chi connectivity index (χ2n) is 3.29. The third kappa shape index (κ3) is 2.44. The molecule has 0 saturated carbocycles. The third-order valence-electron chi connectivity index (χ3n) is 2.12. The van der Waals surface area contributed by atoms with Crippen LogP contribution in [-0.2, 0) is 0 Å². The Kier molecular flexibility index (Phi) is 3.42. The van der Waals surface area contributed by atoms with E-state index in [1.165, 1.54) is 6.92 Å². The second-order valence-corrected chi connectivity index (χ2v) is 3.29. The molecule has 0 aliphatic heterocycles. The highest BCUT2D eigenvalue weighted by molar-refractivity contribution is 5.40. The number of ether oxygens (including phenoxy) is 1. The van der Waals surface area contributed by atoms with Crippen LogP contribution in [-0.4, -0.2) is 18.4 Å². The lowest BCUT2D eigenvalue weighted by Crippen LogP contribution is -2.21. The summed E-state index contributed by atoms with van der Waals surface area (Å²) in [5, 5.41) is 9.01. The molecule has 1 aromatic rings. The molecule has 0 aliphatic rings. The lowest BCUT2D eigenvalue weighted by atomic mass is 10.0. The van der Waals surface area contributed by atoms with Crippen molar-refractivity contribution in [2.24, 2.45) is 0 Å². The minimum Gasteiger partial charge on any atom is -0.496 e. The normalized spacial score (nSPS) is 13.7. The minimum atomic E-state index is -4.85. The van der Waals surface area contributed by atoms with E-state index in [9.17, 15) is 17.6 Å². The van der Waals surface area contributed by atoms with E-state index in [-0.39, 0.29) is 11.3 Å². The number of rotatable bonds is 2. The van der Waals surface area contributed by atoms with E-state index >= 15 is 0 Å². The number of aliphatic hydroxyl groups is 1. The van der Waals surface area contributed by atoms with Gasteiger partial charge >= 0.3 is 6.18 Å². The van der Waals surface area contributed by atoms with E-state index < -0.39 is 23.7 Å². The Labute approximate surface area is 89.5 Å². The van der Waals surface area contributed by atoms with Crippen LogP contribution in [0.4, 0.5) is 17.6 Å². The number of alkyl halides is 3. The molecule has 1 rings (SSSR count). The van der Waals surface area contributed by atoms with Crippen molar-refractivity contribution in [2.45, 2.75) is 19.2 Å². The highest BCUT2D eigenvalue weighted by Gasteiger charge is 2.41. The van der Waals surface area contributed by atoms with Crippen LogP contribution in [0.3, 0.4) is 0 Å². The predicted octanol–water partition coefficient (Wildman–Crippen LogP) is 2.74. The zero-order chi connectivity index (χ0) is 12.5. The molecule has 0 aliphatic carbocycles. The molecule has 1 N–H and O–H groups in total. The van der Waals surface area contributed by atoms with Crippen LogP contribution in [0.25, 0.3) is 0 Å². The fourth-order valence-electron chi connectivity index (χ4n) is 1.24. The molecule has 0 saturated heterocycles. The molecule has 0 heterocycles. The molecular weight excluding hydrogens is 228 g/mol. The van der Waals surface area contributed by atoms with E-state index in [1.54, 1.807) is 0 Å². The fourth-order valence-corrected chi connectivity index (χ4v) is 1.24. The summed E-state index contributed by atoms with van der Waals surface area (Å²) in [7, 11) is 1.15. The van der Waals surface area contributed by atoms with Gasteiger partial charge in [0.25, 0.3) is 0 Å². The van der Waals surface area contributed by atoms with E-state index in [1.807, 2.05) is 0 Å². The van der Waals surface area contributed by atoms with Crippen LogP contribution < -0.4 is 4.74 Å². The van der Waals surface area contributed by atoms with Crippen LogP contribution in [0.2, 0.25) is 0 Å². The van der Waals surface area contributed by atoms with Gasteiger partial charge in [-0.2, -0.15) is 13.2 Å². The van der Waals surface area contributed by atoms with Crippen molar-refractivity contribution in [1.29, 1.82) is 0 Å². The van der Waals surface area contributed by atoms with Gasteiger partial charge in [0.15, 0.2) is 6.10 Å². The quantitative estimate of drug-likeness (QED) is 0.803. The molecule has 0 aromatic heterocycles. The summed E-state index contributed by atoms with van der Waals surface area (Å²) in [5.74, 6) is -1.01. The van der Waals surface area contributed by atoms with Gasteiger partial charge in [-0.25, -0.2) is 4.39 Å². The molecule has 0 radical (unpaired) electrons. The minimum absolute atomic E-state index is 0.148. The summed E-state index contributed by atoms with van der Waals surface area (Å²) in [6, 6.07) is 1.74. The summed E-state index contributed by atoms with van der Waals surface area (Å²) in [6.07, 6.45) is -7.60. The molecule has 6 heteroatoms. The number of methoxy groups -OCH3 is 1. The van der Waals surface area contributed by atoms with Gasteiger partial charge in [-0.15, -0.1) is 0 Å². The van der Waals surface area contributed by atoms with Crippen LogP contribution in [0.5, 0.6) is 5.75 Å². The zero-order valence-corrected chi connectivity index (χ0v) is 8.60. The molecule has 1 aromatic carbocycles. The molecule has 0 bridgehead atoms. The van der Waals surface area contributed by atoms with Gasteiger partial charge < -0.3 is 9.84 Å². The molecule has 0 spiro atoms. The van der Waals surface area contributed by atoms with Crippen molar-refractivity contribution in [1.82, 2.24) is 0 Å². The van der Waals surface area contributed by atoms with Gasteiger partial charge in [0, 0.05) is 5.56 Å². The van der Waals surface area contributed by atoms with E-state index in [0.717, 1.165) is 13.2 Å². The van der Waals surface area contributed by atoms with Crippen molar-refractivity contribution in [3.05, 3.63) is 29.1 Å². The van der Waals surface area contributed by atoms with Crippen molar-refractivity contribution >= 4 is 0 Å². The van der Waals surface area contributed by atoms with E-state index in [4.69, 9.17) is 5.11 Å². The first kappa shape index (κ1) is 12.8. The number of aliphatic hydroxyl groups excluding tert-OH is 1. The topological polar surface area (TPSA) is 29.5 Å². The average Bonchev–Trinajstić information content (AvgIpc) is 2.19. The Morgan fingerprint density at radius 3 is 2.31 bits per heavy atom. The SMILES string of the molecule is COc1cc(C)c(F)cc1[C@@H](O)C(F)(F)F. The van der Waals surface area contributed by atoms with Crippen LogP contribution >= 0.6 is 0 Å². The first-order chi connectivity index (χ1) is 7.27. The lowest BCUT2D eigenvalue weighted by molar-refractivity contribution is -0.207. The molecule has 90 valence electrons. The Balaban J connectivity index is 3.27. The monoisotopic (exact) mass is 238 g/mol. The highest BCUT2D eigenvalue weighted by atomic mass is 19.4. The number of hydrogen-bond acceptors (Lipinski definition) is 2. The average molecular weight is 238 g/mol. The zero-order valence-electron chi connectivity index (χ0n) is 8.60. The number of benzene rings is 1. The molecule has 16 heavy (non-hydrogen) atoms. The van der Waals surface area contributed by atoms with Crippen molar-refractivity contribution in [3.63, 3.8) is 0 Å². The summed E-state index contributed by atoms with van der Waals surface area (Å²) in [4.78, 5) is 0. The summed E-state index contributed by atoms with van der Waals surface area (Å²) in [5.41, 5.74) is -0.479. The number of hydrogen-bond donors (Lipinski definition) is 1. The number of aryl methyl sites for hydroxylation is 1. The van der Waals surface area contributed by atoms with Gasteiger partial charge in [0.05, 0.1) is 7.11 Å². The van der Waals surface area contributed by atoms with Gasteiger partial charge in [-0.05, 0) is 24.6 Å². The maximum Gasteiger partial charge on any atom is 0.418 e. The summed E-state index contributed by atoms with van der Waals surface area (Å²) < 4.78 is 54.5. The molecule has 1 atom stereocenters. The van der Waals surface area contributed by atoms with Gasteiger partial charge in [0.2, 0.25) is 0 Å². The fraction of sp³-hybridized carbons (Fsp3) is 0.400. The predicted molar refractivity (Wildman–Crippen MR) is 48.7 cm³/mol. The van der Waals surface area contributed by atoms with Gasteiger partial charge in [-0.1, -0.05) is 0 Å². The third-order valence-corrected chi connectivity index (χ3v) is 2.12. The van der Waals surface area contributed by atoms with Crippen molar-refractivity contribution < 1.29 is 27.4 Å². The Morgan fingerprint density at radius 1 is 1.31 bits per heavy atom.